The summed E-state index contributed by atoms with van der Waals surface area (Å²) in [5.41, 5.74) is 7.82. The number of aryl methyl sites for hydroxylation is 2. The minimum atomic E-state index is 1.27. The number of fused-ring (bicyclic) bond motifs is 1. The number of hydrogen-bond donors (Lipinski definition) is 0. The summed E-state index contributed by atoms with van der Waals surface area (Å²) < 4.78 is 0. The molecule has 4 rings (SSSR count). The van der Waals surface area contributed by atoms with Gasteiger partial charge in [0.05, 0.1) is 0 Å². The maximum atomic E-state index is 2.34. The van der Waals surface area contributed by atoms with Crippen LogP contribution in [-0.4, -0.2) is 0 Å². The third-order valence-electron chi connectivity index (χ3n) is 4.70. The highest BCUT2D eigenvalue weighted by atomic mass is 14.2. The van der Waals surface area contributed by atoms with Crippen LogP contribution in [0.4, 0.5) is 0 Å². The Morgan fingerprint density at radius 1 is 0.583 bits per heavy atom. The quantitative estimate of drug-likeness (QED) is 0.382. The molecule has 0 amide bonds. The molecule has 116 valence electrons. The van der Waals surface area contributed by atoms with Crippen molar-refractivity contribution in [2.75, 3.05) is 0 Å². The average Bonchev–Trinajstić information content (AvgIpc) is 2.63. The lowest BCUT2D eigenvalue weighted by Crippen LogP contribution is -1.92. The molecule has 0 radical (unpaired) electrons. The second kappa shape index (κ2) is 5.98. The number of rotatable bonds is 2. The largest absolute Gasteiger partial charge is 0.0622 e. The molecule has 0 aromatic heterocycles. The molecule has 0 fully saturated rings. The zero-order chi connectivity index (χ0) is 16.5. The third kappa shape index (κ3) is 2.51. The summed E-state index contributed by atoms with van der Waals surface area (Å²) in [4.78, 5) is 0. The average molecular weight is 308 g/mol. The molecule has 0 heterocycles. The maximum Gasteiger partial charge on any atom is -0.00697 e. The Bertz CT molecular complexity index is 996. The molecule has 0 atom stereocenters. The Morgan fingerprint density at radius 2 is 1.21 bits per heavy atom. The minimum absolute atomic E-state index is 1.27. The molecular weight excluding hydrogens is 288 g/mol. The SMILES string of the molecule is Cc1ccc2c(C)c(-c3ccccc3)c(-c3ccccc3)cc2c1. The van der Waals surface area contributed by atoms with Gasteiger partial charge in [0, 0.05) is 0 Å². The fraction of sp³-hybridized carbons (Fsp3) is 0.0833. The van der Waals surface area contributed by atoms with E-state index in [2.05, 4.69) is 98.8 Å². The molecule has 0 unspecified atom stereocenters. The zero-order valence-corrected chi connectivity index (χ0v) is 14.1. The van der Waals surface area contributed by atoms with E-state index in [1.165, 1.54) is 44.2 Å². The Labute approximate surface area is 143 Å². The number of hydrogen-bond acceptors (Lipinski definition) is 0. The Balaban J connectivity index is 2.11. The van der Waals surface area contributed by atoms with Gasteiger partial charge in [0.15, 0.2) is 0 Å². The first-order valence-corrected chi connectivity index (χ1v) is 8.39. The van der Waals surface area contributed by atoms with E-state index in [-0.39, 0.29) is 0 Å². The van der Waals surface area contributed by atoms with Gasteiger partial charge >= 0.3 is 0 Å². The van der Waals surface area contributed by atoms with E-state index in [1.807, 2.05) is 0 Å². The molecule has 0 aliphatic heterocycles. The lowest BCUT2D eigenvalue weighted by Gasteiger charge is -2.17. The van der Waals surface area contributed by atoms with Gasteiger partial charge in [-0.3, -0.25) is 0 Å². The molecule has 0 bridgehead atoms. The normalized spacial score (nSPS) is 10.9. The number of benzene rings is 4. The molecule has 0 heteroatoms. The van der Waals surface area contributed by atoms with Crippen molar-refractivity contribution >= 4 is 10.8 Å². The van der Waals surface area contributed by atoms with Gasteiger partial charge in [0.25, 0.3) is 0 Å². The summed E-state index contributed by atoms with van der Waals surface area (Å²) in [6, 6.07) is 30.5. The van der Waals surface area contributed by atoms with E-state index in [0.717, 1.165) is 0 Å². The van der Waals surface area contributed by atoms with Gasteiger partial charge in [-0.25, -0.2) is 0 Å². The highest BCUT2D eigenvalue weighted by Crippen LogP contribution is 2.39. The van der Waals surface area contributed by atoms with Crippen LogP contribution in [0.5, 0.6) is 0 Å². The molecule has 0 aliphatic carbocycles. The van der Waals surface area contributed by atoms with Crippen LogP contribution in [0.2, 0.25) is 0 Å². The fourth-order valence-electron chi connectivity index (χ4n) is 3.53. The van der Waals surface area contributed by atoms with Gasteiger partial charge in [-0.05, 0) is 58.5 Å². The van der Waals surface area contributed by atoms with Crippen LogP contribution in [0, 0.1) is 13.8 Å². The van der Waals surface area contributed by atoms with Crippen LogP contribution in [0.1, 0.15) is 11.1 Å². The molecule has 24 heavy (non-hydrogen) atoms. The van der Waals surface area contributed by atoms with E-state index in [4.69, 9.17) is 0 Å². The summed E-state index contributed by atoms with van der Waals surface area (Å²) in [6.07, 6.45) is 0. The van der Waals surface area contributed by atoms with Crippen LogP contribution in [0.15, 0.2) is 84.9 Å². The van der Waals surface area contributed by atoms with Crippen LogP contribution in [0.25, 0.3) is 33.0 Å². The van der Waals surface area contributed by atoms with Gasteiger partial charge in [0.1, 0.15) is 0 Å². The van der Waals surface area contributed by atoms with Crippen LogP contribution < -0.4 is 0 Å². The fourth-order valence-corrected chi connectivity index (χ4v) is 3.53. The smallest absolute Gasteiger partial charge is 0.00697 e. The summed E-state index contributed by atoms with van der Waals surface area (Å²) in [6.45, 7) is 4.40. The van der Waals surface area contributed by atoms with Crippen molar-refractivity contribution in [2.45, 2.75) is 13.8 Å². The van der Waals surface area contributed by atoms with Crippen molar-refractivity contribution in [3.05, 3.63) is 96.1 Å². The van der Waals surface area contributed by atoms with E-state index >= 15 is 0 Å². The van der Waals surface area contributed by atoms with Gasteiger partial charge < -0.3 is 0 Å². The van der Waals surface area contributed by atoms with Crippen LogP contribution in [-0.2, 0) is 0 Å². The zero-order valence-electron chi connectivity index (χ0n) is 14.1. The van der Waals surface area contributed by atoms with Gasteiger partial charge in [-0.15, -0.1) is 0 Å². The van der Waals surface area contributed by atoms with Gasteiger partial charge in [-0.1, -0.05) is 84.4 Å². The van der Waals surface area contributed by atoms with Crippen molar-refractivity contribution < 1.29 is 0 Å². The topological polar surface area (TPSA) is 0 Å². The Morgan fingerprint density at radius 3 is 1.88 bits per heavy atom. The van der Waals surface area contributed by atoms with E-state index in [9.17, 15) is 0 Å². The molecule has 0 saturated carbocycles. The van der Waals surface area contributed by atoms with E-state index in [0.29, 0.717) is 0 Å². The van der Waals surface area contributed by atoms with Crippen molar-refractivity contribution in [3.8, 4) is 22.3 Å². The Hall–Kier alpha value is -2.86. The van der Waals surface area contributed by atoms with Crippen molar-refractivity contribution in [3.63, 3.8) is 0 Å². The highest BCUT2D eigenvalue weighted by molar-refractivity contribution is 6.00. The summed E-state index contributed by atoms with van der Waals surface area (Å²) >= 11 is 0. The van der Waals surface area contributed by atoms with Gasteiger partial charge in [0.2, 0.25) is 0 Å². The Kier molecular flexibility index (Phi) is 3.66. The van der Waals surface area contributed by atoms with E-state index < -0.39 is 0 Å². The molecule has 0 spiro atoms. The third-order valence-corrected chi connectivity index (χ3v) is 4.70. The van der Waals surface area contributed by atoms with E-state index in [1.54, 1.807) is 0 Å². The molecular formula is C24H20. The van der Waals surface area contributed by atoms with Crippen molar-refractivity contribution in [1.82, 2.24) is 0 Å². The molecule has 0 aliphatic rings. The molecule has 0 N–H and O–H groups in total. The van der Waals surface area contributed by atoms with Gasteiger partial charge in [-0.2, -0.15) is 0 Å². The predicted octanol–water partition coefficient (Wildman–Crippen LogP) is 6.79. The van der Waals surface area contributed by atoms with Crippen LogP contribution >= 0.6 is 0 Å². The molecule has 0 nitrogen and oxygen atoms in total. The maximum absolute atomic E-state index is 2.34. The summed E-state index contributed by atoms with van der Waals surface area (Å²) in [5, 5.41) is 2.64. The lowest BCUT2D eigenvalue weighted by molar-refractivity contribution is 1.46. The van der Waals surface area contributed by atoms with Crippen molar-refractivity contribution in [1.29, 1.82) is 0 Å². The monoisotopic (exact) mass is 308 g/mol. The van der Waals surface area contributed by atoms with Crippen LogP contribution in [0.3, 0.4) is 0 Å². The summed E-state index contributed by atoms with van der Waals surface area (Å²) in [5.74, 6) is 0. The van der Waals surface area contributed by atoms with Crippen molar-refractivity contribution in [2.24, 2.45) is 0 Å². The molecule has 4 aromatic carbocycles. The second-order valence-electron chi connectivity index (χ2n) is 6.38. The first-order chi connectivity index (χ1) is 11.7. The second-order valence-corrected chi connectivity index (χ2v) is 6.38. The minimum Gasteiger partial charge on any atom is -0.0622 e. The molecule has 0 saturated heterocycles. The predicted molar refractivity (Wildman–Crippen MR) is 104 cm³/mol. The highest BCUT2D eigenvalue weighted by Gasteiger charge is 2.13. The summed E-state index contributed by atoms with van der Waals surface area (Å²) in [7, 11) is 0. The first kappa shape index (κ1) is 14.7. The standard InChI is InChI=1S/C24H20/c1-17-13-14-22-18(2)24(20-11-7-4-8-12-20)23(16-21(22)15-17)19-9-5-3-6-10-19/h3-16H,1-2H3. The molecule has 4 aromatic rings. The lowest BCUT2D eigenvalue weighted by atomic mass is 9.87. The first-order valence-electron chi connectivity index (χ1n) is 8.39.